The third-order valence-corrected chi connectivity index (χ3v) is 1.90. The van der Waals surface area contributed by atoms with Crippen molar-refractivity contribution in [3.8, 4) is 6.07 Å². The van der Waals surface area contributed by atoms with Gasteiger partial charge in [-0.2, -0.15) is 5.26 Å². The Balaban J connectivity index is 2.89. The van der Waals surface area contributed by atoms with Gasteiger partial charge in [0.25, 0.3) is 0 Å². The van der Waals surface area contributed by atoms with E-state index in [0.717, 1.165) is 0 Å². The molecule has 58 valence electrons. The summed E-state index contributed by atoms with van der Waals surface area (Å²) in [4.78, 5) is 10.6. The van der Waals surface area contributed by atoms with E-state index >= 15 is 0 Å². The van der Waals surface area contributed by atoms with Crippen molar-refractivity contribution in [1.82, 2.24) is 15.0 Å². The van der Waals surface area contributed by atoms with Crippen molar-refractivity contribution in [3.05, 3.63) is 23.1 Å². The van der Waals surface area contributed by atoms with Crippen molar-refractivity contribution in [2.75, 3.05) is 0 Å². The number of pyridine rings is 1. The number of nitrogens with zero attached hydrogens (tertiary/aromatic N) is 3. The summed E-state index contributed by atoms with van der Waals surface area (Å²) in [6.07, 6.45) is 2.90. The normalized spacial score (nSPS) is 10.0. The lowest BCUT2D eigenvalue weighted by Gasteiger charge is -1.93. The van der Waals surface area contributed by atoms with Crippen molar-refractivity contribution < 1.29 is 0 Å². The highest BCUT2D eigenvalue weighted by Crippen LogP contribution is 2.21. The summed E-state index contributed by atoms with van der Waals surface area (Å²) in [5, 5.41) is 8.98. The zero-order chi connectivity index (χ0) is 8.55. The lowest BCUT2D eigenvalue weighted by molar-refractivity contribution is 1.30. The van der Waals surface area contributed by atoms with E-state index in [1.807, 2.05) is 6.07 Å². The highest BCUT2D eigenvalue weighted by molar-refractivity contribution is 6.35. The summed E-state index contributed by atoms with van der Waals surface area (Å²) in [7, 11) is 0. The molecular weight excluding hydrogens is 176 g/mol. The van der Waals surface area contributed by atoms with E-state index in [-0.39, 0.29) is 0 Å². The maximum absolute atomic E-state index is 8.61. The zero-order valence-corrected chi connectivity index (χ0v) is 6.63. The van der Waals surface area contributed by atoms with E-state index in [2.05, 4.69) is 15.0 Å². The van der Waals surface area contributed by atoms with Gasteiger partial charge in [-0.25, -0.2) is 9.97 Å². The molecular formula is C7H3ClN4. The molecule has 2 rings (SSSR count). The molecule has 0 unspecified atom stereocenters. The molecule has 1 N–H and O–H groups in total. The van der Waals surface area contributed by atoms with Gasteiger partial charge in [0.2, 0.25) is 0 Å². The van der Waals surface area contributed by atoms with Gasteiger partial charge in [0.15, 0.2) is 5.65 Å². The van der Waals surface area contributed by atoms with Crippen LogP contribution in [0.15, 0.2) is 12.5 Å². The number of imidazole rings is 1. The van der Waals surface area contributed by atoms with E-state index in [0.29, 0.717) is 21.7 Å². The maximum atomic E-state index is 8.61. The maximum Gasteiger partial charge on any atom is 0.179 e. The predicted molar refractivity (Wildman–Crippen MR) is 43.6 cm³/mol. The lowest BCUT2D eigenvalue weighted by Crippen LogP contribution is -1.83. The topological polar surface area (TPSA) is 65.4 Å². The second-order valence-corrected chi connectivity index (χ2v) is 2.58. The Hall–Kier alpha value is -1.60. The van der Waals surface area contributed by atoms with Crippen LogP contribution in [0, 0.1) is 11.3 Å². The molecule has 0 radical (unpaired) electrons. The quantitative estimate of drug-likeness (QED) is 0.665. The van der Waals surface area contributed by atoms with Gasteiger partial charge in [0, 0.05) is 6.20 Å². The molecule has 0 saturated heterocycles. The Morgan fingerprint density at radius 3 is 3.08 bits per heavy atom. The van der Waals surface area contributed by atoms with Gasteiger partial charge in [0.05, 0.1) is 16.9 Å². The van der Waals surface area contributed by atoms with E-state index in [1.165, 1.54) is 12.5 Å². The summed E-state index contributed by atoms with van der Waals surface area (Å²) in [6, 6.07) is 1.93. The minimum atomic E-state index is 0.355. The Bertz CT molecular complexity index is 468. The SMILES string of the molecule is N#Cc1cnc2nc[nH]c2c1Cl. The summed E-state index contributed by atoms with van der Waals surface area (Å²) in [5.74, 6) is 0. The average Bonchev–Trinajstić information content (AvgIpc) is 2.53. The minimum Gasteiger partial charge on any atom is -0.342 e. The molecule has 0 spiro atoms. The first kappa shape index (κ1) is 7.07. The number of H-pyrrole nitrogens is 1. The number of aromatic nitrogens is 3. The van der Waals surface area contributed by atoms with Crippen LogP contribution < -0.4 is 0 Å². The Kier molecular flexibility index (Phi) is 1.45. The molecule has 5 heteroatoms. The number of halogens is 1. The van der Waals surface area contributed by atoms with E-state index in [9.17, 15) is 0 Å². The van der Waals surface area contributed by atoms with Crippen molar-refractivity contribution >= 4 is 22.8 Å². The standard InChI is InChI=1S/C7H3ClN4/c8-5-4(1-9)2-10-7-6(5)11-3-12-7/h2-3H,(H,10,11,12). The highest BCUT2D eigenvalue weighted by Gasteiger charge is 2.06. The van der Waals surface area contributed by atoms with Gasteiger partial charge in [-0.3, -0.25) is 0 Å². The van der Waals surface area contributed by atoms with Gasteiger partial charge in [0.1, 0.15) is 11.6 Å². The average molecular weight is 179 g/mol. The molecule has 0 bridgehead atoms. The van der Waals surface area contributed by atoms with Gasteiger partial charge in [-0.1, -0.05) is 11.6 Å². The third kappa shape index (κ3) is 0.840. The number of hydrogen-bond acceptors (Lipinski definition) is 3. The molecule has 0 aliphatic heterocycles. The van der Waals surface area contributed by atoms with Crippen molar-refractivity contribution in [2.24, 2.45) is 0 Å². The van der Waals surface area contributed by atoms with Gasteiger partial charge in [-0.15, -0.1) is 0 Å². The number of rotatable bonds is 0. The number of aromatic amines is 1. The van der Waals surface area contributed by atoms with Crippen LogP contribution in [0.1, 0.15) is 5.56 Å². The molecule has 0 amide bonds. The van der Waals surface area contributed by atoms with Crippen LogP contribution in [0.3, 0.4) is 0 Å². The van der Waals surface area contributed by atoms with Crippen molar-refractivity contribution in [3.63, 3.8) is 0 Å². The van der Waals surface area contributed by atoms with Gasteiger partial charge < -0.3 is 4.98 Å². The Labute approximate surface area is 72.8 Å². The zero-order valence-electron chi connectivity index (χ0n) is 5.87. The number of nitriles is 1. The van der Waals surface area contributed by atoms with Crippen molar-refractivity contribution in [1.29, 1.82) is 5.26 Å². The number of fused-ring (bicyclic) bond motifs is 1. The molecule has 2 aromatic heterocycles. The molecule has 2 aromatic rings. The first-order valence-corrected chi connectivity index (χ1v) is 3.58. The third-order valence-electron chi connectivity index (χ3n) is 1.51. The van der Waals surface area contributed by atoms with Gasteiger partial charge in [-0.05, 0) is 0 Å². The monoisotopic (exact) mass is 178 g/mol. The summed E-state index contributed by atoms with van der Waals surface area (Å²) in [6.45, 7) is 0. The van der Waals surface area contributed by atoms with Crippen LogP contribution in [0.2, 0.25) is 5.02 Å². The fraction of sp³-hybridized carbons (Fsp3) is 0. The number of nitrogens with one attached hydrogen (secondary N) is 1. The van der Waals surface area contributed by atoms with Crippen LogP contribution in [-0.2, 0) is 0 Å². The fourth-order valence-electron chi connectivity index (χ4n) is 0.941. The molecule has 0 aliphatic carbocycles. The molecule has 0 aromatic carbocycles. The van der Waals surface area contributed by atoms with Crippen LogP contribution in [-0.4, -0.2) is 15.0 Å². The predicted octanol–water partition coefficient (Wildman–Crippen LogP) is 1.48. The molecule has 0 saturated carbocycles. The molecule has 12 heavy (non-hydrogen) atoms. The van der Waals surface area contributed by atoms with Crippen LogP contribution in [0.5, 0.6) is 0 Å². The molecule has 0 aliphatic rings. The minimum absolute atomic E-state index is 0.355. The first-order valence-electron chi connectivity index (χ1n) is 3.20. The van der Waals surface area contributed by atoms with Crippen LogP contribution >= 0.6 is 11.6 Å². The smallest absolute Gasteiger partial charge is 0.179 e. The van der Waals surface area contributed by atoms with E-state index < -0.39 is 0 Å². The summed E-state index contributed by atoms with van der Waals surface area (Å²) >= 11 is 5.85. The first-order chi connectivity index (χ1) is 5.83. The summed E-state index contributed by atoms with van der Waals surface area (Å²) in [5.41, 5.74) is 1.49. The molecule has 0 atom stereocenters. The summed E-state index contributed by atoms with van der Waals surface area (Å²) < 4.78 is 0. The lowest BCUT2D eigenvalue weighted by atomic mass is 10.3. The van der Waals surface area contributed by atoms with Crippen molar-refractivity contribution in [2.45, 2.75) is 0 Å². The molecule has 4 nitrogen and oxygen atoms in total. The van der Waals surface area contributed by atoms with Crippen LogP contribution in [0.4, 0.5) is 0 Å². The Morgan fingerprint density at radius 2 is 2.33 bits per heavy atom. The fourth-order valence-corrected chi connectivity index (χ4v) is 1.17. The Morgan fingerprint density at radius 1 is 1.50 bits per heavy atom. The largest absolute Gasteiger partial charge is 0.342 e. The molecule has 2 heterocycles. The highest BCUT2D eigenvalue weighted by atomic mass is 35.5. The second-order valence-electron chi connectivity index (χ2n) is 2.20. The number of hydrogen-bond donors (Lipinski definition) is 1. The van der Waals surface area contributed by atoms with Gasteiger partial charge >= 0.3 is 0 Å². The second kappa shape index (κ2) is 2.47. The van der Waals surface area contributed by atoms with Crippen LogP contribution in [0.25, 0.3) is 11.2 Å². The van der Waals surface area contributed by atoms with E-state index in [4.69, 9.17) is 16.9 Å². The van der Waals surface area contributed by atoms with E-state index in [1.54, 1.807) is 0 Å². The molecule has 0 fully saturated rings.